The van der Waals surface area contributed by atoms with Gasteiger partial charge in [0.25, 0.3) is 0 Å². The zero-order chi connectivity index (χ0) is 35.9. The molecule has 7 rings (SSSR count). The van der Waals surface area contributed by atoms with Gasteiger partial charge in [0, 0.05) is 37.2 Å². The molecule has 0 unspecified atom stereocenters. The summed E-state index contributed by atoms with van der Waals surface area (Å²) in [5.74, 6) is 0. The SMILES string of the molecule is CCCCCCc1cc(-c2ccc(N(c3ccc(C)cc3)c3ccc(-c4cccc5c4sc4ccccc45)cc3)cc2)c(CCCCCC)cc1C. The summed E-state index contributed by atoms with van der Waals surface area (Å²) in [6.07, 6.45) is 12.6. The quantitative estimate of drug-likeness (QED) is 0.0963. The van der Waals surface area contributed by atoms with E-state index in [0.717, 1.165) is 12.1 Å². The number of thiophene rings is 1. The summed E-state index contributed by atoms with van der Waals surface area (Å²) in [4.78, 5) is 2.40. The molecule has 0 radical (unpaired) electrons. The molecule has 0 bridgehead atoms. The van der Waals surface area contributed by atoms with Gasteiger partial charge in [-0.2, -0.15) is 0 Å². The molecule has 0 atom stereocenters. The van der Waals surface area contributed by atoms with Crippen LogP contribution in [-0.2, 0) is 12.8 Å². The lowest BCUT2D eigenvalue weighted by Crippen LogP contribution is -2.09. The average molecular weight is 700 g/mol. The van der Waals surface area contributed by atoms with Crippen molar-refractivity contribution in [3.8, 4) is 22.3 Å². The Morgan fingerprint density at radius 3 is 1.67 bits per heavy atom. The second kappa shape index (κ2) is 16.8. The molecule has 2 heteroatoms. The predicted octanol–water partition coefficient (Wildman–Crippen LogP) is 15.7. The highest BCUT2D eigenvalue weighted by Gasteiger charge is 2.16. The molecule has 6 aromatic carbocycles. The summed E-state index contributed by atoms with van der Waals surface area (Å²) in [5, 5.41) is 2.68. The minimum absolute atomic E-state index is 1.14. The zero-order valence-electron chi connectivity index (χ0n) is 31.6. The highest BCUT2D eigenvalue weighted by Crippen LogP contribution is 2.42. The van der Waals surface area contributed by atoms with Gasteiger partial charge in [-0.3, -0.25) is 0 Å². The normalized spacial score (nSPS) is 11.5. The van der Waals surface area contributed by atoms with Crippen LogP contribution in [0.1, 0.15) is 87.5 Å². The molecular weight excluding hydrogens is 647 g/mol. The fraction of sp³-hybridized carbons (Fsp3) is 0.280. The Kier molecular flexibility index (Phi) is 11.5. The number of hydrogen-bond acceptors (Lipinski definition) is 2. The Bertz CT molecular complexity index is 2220. The van der Waals surface area contributed by atoms with E-state index in [9.17, 15) is 0 Å². The van der Waals surface area contributed by atoms with Crippen LogP contribution < -0.4 is 4.90 Å². The van der Waals surface area contributed by atoms with Crippen molar-refractivity contribution >= 4 is 48.6 Å². The predicted molar refractivity (Wildman–Crippen MR) is 230 cm³/mol. The molecular formula is C50H53NS. The summed E-state index contributed by atoms with van der Waals surface area (Å²) in [5.41, 5.74) is 14.5. The molecule has 1 heterocycles. The maximum absolute atomic E-state index is 2.53. The van der Waals surface area contributed by atoms with E-state index in [1.54, 1.807) is 0 Å². The molecule has 0 saturated heterocycles. The second-order valence-electron chi connectivity index (χ2n) is 14.6. The van der Waals surface area contributed by atoms with Crippen LogP contribution in [0.2, 0.25) is 0 Å². The first-order valence-electron chi connectivity index (χ1n) is 19.6. The smallest absolute Gasteiger partial charge is 0.0462 e. The van der Waals surface area contributed by atoms with E-state index in [0.29, 0.717) is 0 Å². The molecule has 0 fully saturated rings. The number of fused-ring (bicyclic) bond motifs is 3. The summed E-state index contributed by atoms with van der Waals surface area (Å²) in [6.45, 7) is 9.08. The molecule has 0 amide bonds. The van der Waals surface area contributed by atoms with Crippen molar-refractivity contribution in [2.24, 2.45) is 0 Å². The Labute approximate surface area is 316 Å². The number of benzene rings is 6. The first-order chi connectivity index (χ1) is 25.5. The van der Waals surface area contributed by atoms with Crippen molar-refractivity contribution in [2.75, 3.05) is 4.90 Å². The van der Waals surface area contributed by atoms with E-state index in [1.807, 2.05) is 11.3 Å². The number of hydrogen-bond donors (Lipinski definition) is 0. The minimum atomic E-state index is 1.14. The van der Waals surface area contributed by atoms with E-state index in [2.05, 4.69) is 160 Å². The van der Waals surface area contributed by atoms with Crippen LogP contribution in [0.5, 0.6) is 0 Å². The molecule has 0 aliphatic carbocycles. The van der Waals surface area contributed by atoms with E-state index in [4.69, 9.17) is 0 Å². The minimum Gasteiger partial charge on any atom is -0.311 e. The zero-order valence-corrected chi connectivity index (χ0v) is 32.4. The van der Waals surface area contributed by atoms with Crippen LogP contribution in [0.15, 0.2) is 127 Å². The first-order valence-corrected chi connectivity index (χ1v) is 20.5. The Morgan fingerprint density at radius 1 is 0.481 bits per heavy atom. The van der Waals surface area contributed by atoms with Crippen LogP contribution in [0.25, 0.3) is 42.4 Å². The topological polar surface area (TPSA) is 3.24 Å². The number of nitrogens with zero attached hydrogens (tertiary/aromatic N) is 1. The van der Waals surface area contributed by atoms with Gasteiger partial charge in [0.05, 0.1) is 0 Å². The number of anilines is 3. The first kappa shape index (κ1) is 35.7. The molecule has 264 valence electrons. The molecule has 0 aliphatic rings. The number of unbranched alkanes of at least 4 members (excludes halogenated alkanes) is 6. The van der Waals surface area contributed by atoms with Crippen molar-refractivity contribution in [3.05, 3.63) is 150 Å². The van der Waals surface area contributed by atoms with Crippen LogP contribution >= 0.6 is 11.3 Å². The van der Waals surface area contributed by atoms with E-state index < -0.39 is 0 Å². The third-order valence-electron chi connectivity index (χ3n) is 10.7. The monoisotopic (exact) mass is 699 g/mol. The van der Waals surface area contributed by atoms with Gasteiger partial charge in [-0.25, -0.2) is 0 Å². The average Bonchev–Trinajstić information content (AvgIpc) is 3.56. The van der Waals surface area contributed by atoms with Crippen LogP contribution in [0.3, 0.4) is 0 Å². The number of aryl methyl sites for hydroxylation is 4. The van der Waals surface area contributed by atoms with Crippen molar-refractivity contribution in [1.29, 1.82) is 0 Å². The maximum atomic E-state index is 2.53. The Hall–Kier alpha value is -4.66. The van der Waals surface area contributed by atoms with Gasteiger partial charge in [-0.1, -0.05) is 143 Å². The summed E-state index contributed by atoms with van der Waals surface area (Å²) < 4.78 is 2.69. The molecule has 52 heavy (non-hydrogen) atoms. The Balaban J connectivity index is 1.23. The van der Waals surface area contributed by atoms with Gasteiger partial charge >= 0.3 is 0 Å². The van der Waals surface area contributed by atoms with Gasteiger partial charge in [0.15, 0.2) is 0 Å². The lowest BCUT2D eigenvalue weighted by Gasteiger charge is -2.26. The van der Waals surface area contributed by atoms with Gasteiger partial charge in [0.2, 0.25) is 0 Å². The van der Waals surface area contributed by atoms with E-state index in [-0.39, 0.29) is 0 Å². The van der Waals surface area contributed by atoms with E-state index in [1.165, 1.54) is 134 Å². The van der Waals surface area contributed by atoms with Crippen molar-refractivity contribution in [3.63, 3.8) is 0 Å². The molecule has 0 saturated carbocycles. The van der Waals surface area contributed by atoms with Gasteiger partial charge in [0.1, 0.15) is 0 Å². The van der Waals surface area contributed by atoms with Crippen LogP contribution in [0, 0.1) is 13.8 Å². The molecule has 1 aromatic heterocycles. The third-order valence-corrected chi connectivity index (χ3v) is 12.0. The highest BCUT2D eigenvalue weighted by atomic mass is 32.1. The standard InChI is InChI=1S/C50H53NS/c1-5-7-9-11-16-40-35-48(41(34-37(40)4)17-12-10-8-6-2)39-26-32-44(33-27-39)51(42-28-22-36(3)23-29-42)43-30-24-38(25-31-43)45-19-15-20-47-46-18-13-14-21-49(46)52-50(45)47/h13-15,18-35H,5-12,16-17H2,1-4H3. The largest absolute Gasteiger partial charge is 0.311 e. The number of rotatable bonds is 15. The third kappa shape index (κ3) is 7.88. The second-order valence-corrected chi connectivity index (χ2v) is 15.7. The van der Waals surface area contributed by atoms with Gasteiger partial charge in [-0.05, 0) is 121 Å². The van der Waals surface area contributed by atoms with E-state index >= 15 is 0 Å². The van der Waals surface area contributed by atoms with Gasteiger partial charge < -0.3 is 4.90 Å². The van der Waals surface area contributed by atoms with Gasteiger partial charge in [-0.15, -0.1) is 11.3 Å². The molecule has 7 aromatic rings. The fourth-order valence-electron chi connectivity index (χ4n) is 7.74. The molecule has 0 N–H and O–H groups in total. The molecule has 0 spiro atoms. The lowest BCUT2D eigenvalue weighted by molar-refractivity contribution is 0.662. The summed E-state index contributed by atoms with van der Waals surface area (Å²) in [7, 11) is 0. The van der Waals surface area contributed by atoms with Crippen molar-refractivity contribution < 1.29 is 0 Å². The highest BCUT2D eigenvalue weighted by molar-refractivity contribution is 7.26. The van der Waals surface area contributed by atoms with Crippen LogP contribution in [0.4, 0.5) is 17.1 Å². The molecule has 0 aliphatic heterocycles. The van der Waals surface area contributed by atoms with Crippen molar-refractivity contribution in [1.82, 2.24) is 0 Å². The van der Waals surface area contributed by atoms with Crippen molar-refractivity contribution in [2.45, 2.75) is 91.9 Å². The maximum Gasteiger partial charge on any atom is 0.0462 e. The summed E-state index contributed by atoms with van der Waals surface area (Å²) in [6, 6.07) is 47.9. The summed E-state index contributed by atoms with van der Waals surface area (Å²) >= 11 is 1.89. The fourth-order valence-corrected chi connectivity index (χ4v) is 8.98. The molecule has 1 nitrogen and oxygen atoms in total. The lowest BCUT2D eigenvalue weighted by atomic mass is 9.89. The van der Waals surface area contributed by atoms with Crippen LogP contribution in [-0.4, -0.2) is 0 Å². The Morgan fingerprint density at radius 2 is 1.04 bits per heavy atom.